The van der Waals surface area contributed by atoms with Crippen LogP contribution in [0.5, 0.6) is 5.75 Å². The van der Waals surface area contributed by atoms with E-state index >= 15 is 0 Å². The fraction of sp³-hybridized carbons (Fsp3) is 0.400. The molecule has 0 unspecified atom stereocenters. The number of nitrogens with two attached hydrogens (primary N) is 1. The van der Waals surface area contributed by atoms with Crippen LogP contribution in [0.15, 0.2) is 23.1 Å². The number of hydrogen-bond acceptors (Lipinski definition) is 3. The molecule has 2 rings (SSSR count). The summed E-state index contributed by atoms with van der Waals surface area (Å²) in [7, 11) is 0. The Morgan fingerprint density at radius 1 is 1.46 bits per heavy atom. The van der Waals surface area contributed by atoms with E-state index in [-0.39, 0.29) is 0 Å². The van der Waals surface area contributed by atoms with Crippen LogP contribution in [0, 0.1) is 0 Å². The lowest BCUT2D eigenvalue weighted by Gasteiger charge is -2.09. The molecule has 70 valence electrons. The molecule has 1 aliphatic carbocycles. The molecule has 0 aromatic heterocycles. The van der Waals surface area contributed by atoms with E-state index < -0.39 is 0 Å². The third kappa shape index (κ3) is 1.91. The number of nitrogen functional groups attached to an aromatic ring is 1. The Labute approximate surface area is 82.5 Å². The van der Waals surface area contributed by atoms with Gasteiger partial charge < -0.3 is 10.5 Å². The third-order valence-corrected chi connectivity index (χ3v) is 2.86. The minimum atomic E-state index is 0.416. The van der Waals surface area contributed by atoms with E-state index in [2.05, 4.69) is 0 Å². The minimum Gasteiger partial charge on any atom is -0.488 e. The van der Waals surface area contributed by atoms with Gasteiger partial charge in [0, 0.05) is 4.90 Å². The maximum absolute atomic E-state index is 5.92. The summed E-state index contributed by atoms with van der Waals surface area (Å²) in [5, 5.41) is 0. The van der Waals surface area contributed by atoms with Crippen LogP contribution in [0.2, 0.25) is 0 Å². The maximum atomic E-state index is 5.92. The predicted octanol–water partition coefficient (Wildman–Crippen LogP) is 2.53. The highest BCUT2D eigenvalue weighted by Gasteiger charge is 2.24. The van der Waals surface area contributed by atoms with Crippen LogP contribution in [-0.2, 0) is 0 Å². The Hall–Kier alpha value is -0.830. The van der Waals surface area contributed by atoms with Gasteiger partial charge in [-0.1, -0.05) is 6.07 Å². The fourth-order valence-electron chi connectivity index (χ4n) is 1.17. The number of para-hydroxylation sites is 1. The molecule has 0 saturated heterocycles. The van der Waals surface area contributed by atoms with E-state index in [9.17, 15) is 0 Å². The SMILES string of the molecule is CSc1cccc(OC2CC2)c1N. The van der Waals surface area contributed by atoms with E-state index in [0.717, 1.165) is 16.3 Å². The van der Waals surface area contributed by atoms with Gasteiger partial charge in [-0.25, -0.2) is 0 Å². The molecule has 0 radical (unpaired) electrons. The molecule has 0 spiro atoms. The van der Waals surface area contributed by atoms with Crippen molar-refractivity contribution in [1.29, 1.82) is 0 Å². The number of anilines is 1. The summed E-state index contributed by atoms with van der Waals surface area (Å²) >= 11 is 1.65. The summed E-state index contributed by atoms with van der Waals surface area (Å²) in [4.78, 5) is 1.10. The van der Waals surface area contributed by atoms with Gasteiger partial charge in [-0.05, 0) is 31.2 Å². The van der Waals surface area contributed by atoms with Crippen molar-refractivity contribution in [3.8, 4) is 5.75 Å². The lowest BCUT2D eigenvalue weighted by Crippen LogP contribution is -2.00. The second-order valence-electron chi connectivity index (χ2n) is 3.19. The van der Waals surface area contributed by atoms with Crippen LogP contribution < -0.4 is 10.5 Å². The first-order valence-electron chi connectivity index (χ1n) is 4.40. The molecular weight excluding hydrogens is 182 g/mol. The predicted molar refractivity (Wildman–Crippen MR) is 56.3 cm³/mol. The molecule has 1 aliphatic rings. The van der Waals surface area contributed by atoms with Gasteiger partial charge in [0.15, 0.2) is 0 Å². The summed E-state index contributed by atoms with van der Waals surface area (Å²) in [6.07, 6.45) is 4.78. The van der Waals surface area contributed by atoms with E-state index in [0.29, 0.717) is 6.10 Å². The number of thioether (sulfide) groups is 1. The molecular formula is C10H13NOS. The second kappa shape index (κ2) is 3.50. The maximum Gasteiger partial charge on any atom is 0.143 e. The topological polar surface area (TPSA) is 35.2 Å². The number of rotatable bonds is 3. The molecule has 0 atom stereocenters. The molecule has 0 heterocycles. The van der Waals surface area contributed by atoms with Gasteiger partial charge in [0.2, 0.25) is 0 Å². The summed E-state index contributed by atoms with van der Waals surface area (Å²) in [6, 6.07) is 5.94. The Balaban J connectivity index is 2.22. The lowest BCUT2D eigenvalue weighted by atomic mass is 10.3. The first kappa shape index (κ1) is 8.75. The van der Waals surface area contributed by atoms with Gasteiger partial charge in [0.25, 0.3) is 0 Å². The quantitative estimate of drug-likeness (QED) is 0.594. The second-order valence-corrected chi connectivity index (χ2v) is 4.04. The average Bonchev–Trinajstić information content (AvgIpc) is 2.92. The van der Waals surface area contributed by atoms with Gasteiger partial charge in [-0.2, -0.15) is 0 Å². The molecule has 1 saturated carbocycles. The van der Waals surface area contributed by atoms with Crippen LogP contribution in [0.25, 0.3) is 0 Å². The van der Waals surface area contributed by atoms with E-state index in [4.69, 9.17) is 10.5 Å². The molecule has 3 heteroatoms. The Kier molecular flexibility index (Phi) is 2.36. The van der Waals surface area contributed by atoms with Crippen molar-refractivity contribution in [2.45, 2.75) is 23.8 Å². The number of ether oxygens (including phenoxy) is 1. The normalized spacial score (nSPS) is 15.8. The van der Waals surface area contributed by atoms with Crippen LogP contribution in [0.3, 0.4) is 0 Å². The van der Waals surface area contributed by atoms with Crippen molar-refractivity contribution < 1.29 is 4.74 Å². The first-order chi connectivity index (χ1) is 6.31. The van der Waals surface area contributed by atoms with Gasteiger partial charge >= 0.3 is 0 Å². The molecule has 1 fully saturated rings. The van der Waals surface area contributed by atoms with E-state index in [1.807, 2.05) is 24.5 Å². The van der Waals surface area contributed by atoms with Gasteiger partial charge in [0.05, 0.1) is 11.8 Å². The molecule has 2 N–H and O–H groups in total. The molecule has 0 aliphatic heterocycles. The van der Waals surface area contributed by atoms with Crippen LogP contribution in [0.4, 0.5) is 5.69 Å². The van der Waals surface area contributed by atoms with Crippen molar-refractivity contribution in [3.63, 3.8) is 0 Å². The van der Waals surface area contributed by atoms with Crippen molar-refractivity contribution in [1.82, 2.24) is 0 Å². The fourth-order valence-corrected chi connectivity index (χ4v) is 1.71. The Morgan fingerprint density at radius 3 is 2.85 bits per heavy atom. The Bertz CT molecular complexity index is 310. The lowest BCUT2D eigenvalue weighted by molar-refractivity contribution is 0.304. The van der Waals surface area contributed by atoms with E-state index in [1.165, 1.54) is 12.8 Å². The standard InChI is InChI=1S/C10H13NOS/c1-13-9-4-2-3-8(10(9)11)12-7-5-6-7/h2-4,7H,5-6,11H2,1H3. The molecule has 1 aromatic rings. The van der Waals surface area contributed by atoms with Crippen molar-refractivity contribution in [2.75, 3.05) is 12.0 Å². The average molecular weight is 195 g/mol. The summed E-state index contributed by atoms with van der Waals surface area (Å²) in [6.45, 7) is 0. The van der Waals surface area contributed by atoms with Crippen LogP contribution in [-0.4, -0.2) is 12.4 Å². The number of benzene rings is 1. The van der Waals surface area contributed by atoms with Crippen molar-refractivity contribution >= 4 is 17.4 Å². The summed E-state index contributed by atoms with van der Waals surface area (Å²) in [5.41, 5.74) is 6.70. The third-order valence-electron chi connectivity index (χ3n) is 2.06. The zero-order valence-corrected chi connectivity index (χ0v) is 8.43. The van der Waals surface area contributed by atoms with Crippen molar-refractivity contribution in [3.05, 3.63) is 18.2 Å². The van der Waals surface area contributed by atoms with Crippen LogP contribution in [0.1, 0.15) is 12.8 Å². The highest BCUT2D eigenvalue weighted by Crippen LogP contribution is 2.35. The minimum absolute atomic E-state index is 0.416. The van der Waals surface area contributed by atoms with Gasteiger partial charge in [0.1, 0.15) is 5.75 Å². The van der Waals surface area contributed by atoms with Crippen molar-refractivity contribution in [2.24, 2.45) is 0 Å². The molecule has 0 amide bonds. The molecule has 2 nitrogen and oxygen atoms in total. The molecule has 1 aromatic carbocycles. The zero-order chi connectivity index (χ0) is 9.26. The molecule has 0 bridgehead atoms. The first-order valence-corrected chi connectivity index (χ1v) is 5.63. The molecule has 13 heavy (non-hydrogen) atoms. The van der Waals surface area contributed by atoms with Gasteiger partial charge in [-0.3, -0.25) is 0 Å². The van der Waals surface area contributed by atoms with Gasteiger partial charge in [-0.15, -0.1) is 11.8 Å². The summed E-state index contributed by atoms with van der Waals surface area (Å²) in [5.74, 6) is 0.842. The Morgan fingerprint density at radius 2 is 2.23 bits per heavy atom. The zero-order valence-electron chi connectivity index (χ0n) is 7.62. The smallest absolute Gasteiger partial charge is 0.143 e. The van der Waals surface area contributed by atoms with Crippen LogP contribution >= 0.6 is 11.8 Å². The summed E-state index contributed by atoms with van der Waals surface area (Å²) < 4.78 is 5.66. The monoisotopic (exact) mass is 195 g/mol. The largest absolute Gasteiger partial charge is 0.488 e. The highest BCUT2D eigenvalue weighted by molar-refractivity contribution is 7.98. The number of hydrogen-bond donors (Lipinski definition) is 1. The highest BCUT2D eigenvalue weighted by atomic mass is 32.2. The van der Waals surface area contributed by atoms with E-state index in [1.54, 1.807) is 11.8 Å².